The summed E-state index contributed by atoms with van der Waals surface area (Å²) in [4.78, 5) is 10.3. The zero-order valence-electron chi connectivity index (χ0n) is 9.55. The van der Waals surface area contributed by atoms with Gasteiger partial charge in [-0.25, -0.2) is 0 Å². The smallest absolute Gasteiger partial charge is 0.262 e. The minimum absolute atomic E-state index is 0.598. The Morgan fingerprint density at radius 1 is 1.08 bits per heavy atom. The van der Waals surface area contributed by atoms with Gasteiger partial charge in [-0.3, -0.25) is 0 Å². The Morgan fingerprint density at radius 2 is 1.54 bits per heavy atom. The molecule has 0 rings (SSSR count). The average molecular weight is 198 g/mol. The SMILES string of the molecule is CC(C)[CH2][Al]([CH2]CC=O)[CH2]C(C)C. The second kappa shape index (κ2) is 7.59. The monoisotopic (exact) mass is 198 g/mol. The molecular weight excluding hydrogens is 175 g/mol. The molecule has 0 saturated heterocycles. The Labute approximate surface area is 87.3 Å². The summed E-state index contributed by atoms with van der Waals surface area (Å²) in [7, 11) is 0. The minimum atomic E-state index is -0.598. The van der Waals surface area contributed by atoms with Crippen molar-refractivity contribution in [3.05, 3.63) is 0 Å². The molecule has 0 bridgehead atoms. The number of aldehydes is 1. The first-order chi connectivity index (χ1) is 6.06. The Balaban J connectivity index is 3.79. The Kier molecular flexibility index (Phi) is 7.71. The topological polar surface area (TPSA) is 17.1 Å². The molecule has 1 nitrogen and oxygen atoms in total. The van der Waals surface area contributed by atoms with E-state index >= 15 is 0 Å². The van der Waals surface area contributed by atoms with E-state index in [0.29, 0.717) is 0 Å². The van der Waals surface area contributed by atoms with Gasteiger partial charge in [-0.15, -0.1) is 0 Å². The standard InChI is InChI=1S/2C4H9.C3H5O.Al/c2*1-4(2)3;1-2-3-4;/h2*4H,1H2,2-3H3;3H,1-2H2;. The second-order valence-corrected chi connectivity index (χ2v) is 8.12. The summed E-state index contributed by atoms with van der Waals surface area (Å²) < 4.78 is 0. The summed E-state index contributed by atoms with van der Waals surface area (Å²) in [5, 5.41) is 4.04. The van der Waals surface area contributed by atoms with Crippen LogP contribution >= 0.6 is 0 Å². The van der Waals surface area contributed by atoms with Crippen LogP contribution in [0.4, 0.5) is 0 Å². The van der Waals surface area contributed by atoms with Crippen LogP contribution in [0.1, 0.15) is 34.1 Å². The van der Waals surface area contributed by atoms with E-state index < -0.39 is 14.1 Å². The van der Waals surface area contributed by atoms with Gasteiger partial charge in [0.25, 0.3) is 14.1 Å². The Bertz CT molecular complexity index is 122. The van der Waals surface area contributed by atoms with E-state index in [2.05, 4.69) is 27.7 Å². The van der Waals surface area contributed by atoms with Crippen LogP contribution in [0.2, 0.25) is 15.8 Å². The Morgan fingerprint density at radius 3 is 1.85 bits per heavy atom. The van der Waals surface area contributed by atoms with E-state index in [4.69, 9.17) is 0 Å². The van der Waals surface area contributed by atoms with Crippen LogP contribution in [0.5, 0.6) is 0 Å². The fourth-order valence-electron chi connectivity index (χ4n) is 1.97. The van der Waals surface area contributed by atoms with Crippen molar-refractivity contribution in [1.29, 1.82) is 0 Å². The maximum atomic E-state index is 10.3. The molecular formula is C11H23AlO. The molecule has 0 spiro atoms. The summed E-state index contributed by atoms with van der Waals surface area (Å²) in [6.45, 7) is 9.17. The van der Waals surface area contributed by atoms with Gasteiger partial charge in [0.15, 0.2) is 0 Å². The highest BCUT2D eigenvalue weighted by Gasteiger charge is 2.18. The van der Waals surface area contributed by atoms with Crippen molar-refractivity contribution in [3.8, 4) is 0 Å². The van der Waals surface area contributed by atoms with Gasteiger partial charge in [-0.1, -0.05) is 55.4 Å². The molecule has 0 aromatic heterocycles. The van der Waals surface area contributed by atoms with Crippen molar-refractivity contribution >= 4 is 20.4 Å². The lowest BCUT2D eigenvalue weighted by Crippen LogP contribution is -2.17. The molecule has 0 amide bonds. The summed E-state index contributed by atoms with van der Waals surface area (Å²) in [6, 6.07) is 0. The molecule has 0 heterocycles. The second-order valence-electron chi connectivity index (χ2n) is 4.87. The number of carbonyl (C=O) groups excluding carboxylic acids is 1. The fourth-order valence-corrected chi connectivity index (χ4v) is 5.91. The fraction of sp³-hybridized carbons (Fsp3) is 0.909. The number of rotatable bonds is 7. The van der Waals surface area contributed by atoms with E-state index in [9.17, 15) is 4.79 Å². The quantitative estimate of drug-likeness (QED) is 0.452. The van der Waals surface area contributed by atoms with Gasteiger partial charge in [0.05, 0.1) is 0 Å². The highest BCUT2D eigenvalue weighted by molar-refractivity contribution is 6.59. The van der Waals surface area contributed by atoms with Crippen LogP contribution in [-0.4, -0.2) is 20.4 Å². The first-order valence-electron chi connectivity index (χ1n) is 5.49. The highest BCUT2D eigenvalue weighted by Crippen LogP contribution is 2.18. The van der Waals surface area contributed by atoms with Crippen LogP contribution in [0.3, 0.4) is 0 Å². The third kappa shape index (κ3) is 8.53. The molecule has 13 heavy (non-hydrogen) atoms. The van der Waals surface area contributed by atoms with Crippen LogP contribution < -0.4 is 0 Å². The number of hydrogen-bond acceptors (Lipinski definition) is 1. The zero-order chi connectivity index (χ0) is 10.3. The molecule has 0 fully saturated rings. The first-order valence-corrected chi connectivity index (χ1v) is 7.94. The van der Waals surface area contributed by atoms with Crippen LogP contribution in [0.15, 0.2) is 0 Å². The third-order valence-corrected chi connectivity index (χ3v) is 6.67. The van der Waals surface area contributed by atoms with Crippen molar-refractivity contribution < 1.29 is 4.79 Å². The lowest BCUT2D eigenvalue weighted by atomic mass is 10.3. The zero-order valence-corrected chi connectivity index (χ0v) is 10.7. The van der Waals surface area contributed by atoms with E-state index in [-0.39, 0.29) is 0 Å². The molecule has 0 aromatic carbocycles. The molecule has 0 aliphatic heterocycles. The van der Waals surface area contributed by atoms with Crippen molar-refractivity contribution in [2.75, 3.05) is 0 Å². The first kappa shape index (κ1) is 13.2. The Hall–Kier alpha value is 0.202. The molecule has 0 unspecified atom stereocenters. The van der Waals surface area contributed by atoms with Gasteiger partial charge in [0.2, 0.25) is 0 Å². The molecule has 0 radical (unpaired) electrons. The van der Waals surface area contributed by atoms with Crippen LogP contribution in [0.25, 0.3) is 0 Å². The van der Waals surface area contributed by atoms with Gasteiger partial charge in [-0.05, 0) is 6.42 Å². The summed E-state index contributed by atoms with van der Waals surface area (Å²) in [5.41, 5.74) is 0. The van der Waals surface area contributed by atoms with Gasteiger partial charge in [0.1, 0.15) is 6.29 Å². The minimum Gasteiger partial charge on any atom is -0.303 e. The van der Waals surface area contributed by atoms with Crippen molar-refractivity contribution in [2.45, 2.75) is 50.0 Å². The lowest BCUT2D eigenvalue weighted by molar-refractivity contribution is -0.107. The van der Waals surface area contributed by atoms with Crippen molar-refractivity contribution in [3.63, 3.8) is 0 Å². The van der Waals surface area contributed by atoms with Crippen molar-refractivity contribution in [1.82, 2.24) is 0 Å². The summed E-state index contributed by atoms with van der Waals surface area (Å²) in [6.07, 6.45) is 1.89. The van der Waals surface area contributed by atoms with Crippen LogP contribution in [0, 0.1) is 11.8 Å². The molecule has 0 atom stereocenters. The largest absolute Gasteiger partial charge is 0.303 e. The maximum absolute atomic E-state index is 10.3. The van der Waals surface area contributed by atoms with E-state index in [1.807, 2.05) is 0 Å². The molecule has 0 aromatic rings. The number of carbonyl (C=O) groups is 1. The predicted molar refractivity (Wildman–Crippen MR) is 60.5 cm³/mol. The van der Waals surface area contributed by atoms with Crippen LogP contribution in [-0.2, 0) is 4.79 Å². The number of hydrogen-bond donors (Lipinski definition) is 0. The highest BCUT2D eigenvalue weighted by atomic mass is 27.2. The maximum Gasteiger partial charge on any atom is 0.262 e. The van der Waals surface area contributed by atoms with Gasteiger partial charge in [0, 0.05) is 0 Å². The molecule has 0 aliphatic rings. The van der Waals surface area contributed by atoms with E-state index in [1.54, 1.807) is 0 Å². The molecule has 0 aliphatic carbocycles. The lowest BCUT2D eigenvalue weighted by Gasteiger charge is -2.14. The normalized spacial score (nSPS) is 10.9. The van der Waals surface area contributed by atoms with Gasteiger partial charge < -0.3 is 4.79 Å². The van der Waals surface area contributed by atoms with Crippen molar-refractivity contribution in [2.24, 2.45) is 11.8 Å². The summed E-state index contributed by atoms with van der Waals surface area (Å²) >= 11 is -0.598. The van der Waals surface area contributed by atoms with Gasteiger partial charge >= 0.3 is 0 Å². The molecule has 76 valence electrons. The average Bonchev–Trinajstić information content (AvgIpc) is 1.98. The van der Waals surface area contributed by atoms with E-state index in [1.165, 1.54) is 15.8 Å². The predicted octanol–water partition coefficient (Wildman–Crippen LogP) is 3.38. The molecule has 0 N–H and O–H groups in total. The van der Waals surface area contributed by atoms with Gasteiger partial charge in [-0.2, -0.15) is 0 Å². The summed E-state index contributed by atoms with van der Waals surface area (Å²) in [5.74, 6) is 1.64. The molecule has 2 heteroatoms. The van der Waals surface area contributed by atoms with E-state index in [0.717, 1.165) is 24.5 Å². The molecule has 0 saturated carbocycles. The third-order valence-electron chi connectivity index (χ3n) is 2.30.